The van der Waals surface area contributed by atoms with E-state index in [9.17, 15) is 4.79 Å². The molecule has 1 aromatic heterocycles. The van der Waals surface area contributed by atoms with Crippen LogP contribution in [-0.2, 0) is 6.54 Å². The van der Waals surface area contributed by atoms with Gasteiger partial charge < -0.3 is 15.5 Å². The number of nitrogens with one attached hydrogen (secondary N) is 1. The molecule has 3 N–H and O–H groups in total. The first-order valence-electron chi connectivity index (χ1n) is 12.6. The molecule has 0 bridgehead atoms. The average molecular weight is 504 g/mol. The van der Waals surface area contributed by atoms with Crippen molar-refractivity contribution in [1.29, 1.82) is 0 Å². The van der Waals surface area contributed by atoms with Gasteiger partial charge in [0.05, 0.1) is 6.54 Å². The Morgan fingerprint density at radius 1 is 0.972 bits per heavy atom. The molecule has 0 unspecified atom stereocenters. The van der Waals surface area contributed by atoms with Gasteiger partial charge in [0.15, 0.2) is 0 Å². The summed E-state index contributed by atoms with van der Waals surface area (Å²) < 4.78 is 6.23. The molecule has 5 nitrogen and oxygen atoms in total. The number of furan rings is 1. The van der Waals surface area contributed by atoms with E-state index in [1.807, 2.05) is 60.7 Å². The molecule has 6 heteroatoms. The Morgan fingerprint density at radius 2 is 1.69 bits per heavy atom. The first-order valence-corrected chi connectivity index (χ1v) is 13.0. The summed E-state index contributed by atoms with van der Waals surface area (Å²) >= 11 is 6.14. The number of unbranched alkanes of at least 4 members (excludes halogenated alkanes) is 4. The Balaban J connectivity index is 1.57. The maximum absolute atomic E-state index is 13.4. The number of anilines is 2. The van der Waals surface area contributed by atoms with Gasteiger partial charge in [0.25, 0.3) is 0 Å². The van der Waals surface area contributed by atoms with E-state index >= 15 is 0 Å². The summed E-state index contributed by atoms with van der Waals surface area (Å²) in [5.41, 5.74) is 11.3. The van der Waals surface area contributed by atoms with Crippen LogP contribution in [0.2, 0.25) is 5.02 Å². The van der Waals surface area contributed by atoms with E-state index in [0.29, 0.717) is 23.0 Å². The van der Waals surface area contributed by atoms with E-state index in [4.69, 9.17) is 21.8 Å². The maximum atomic E-state index is 13.4. The molecule has 0 spiro atoms. The van der Waals surface area contributed by atoms with E-state index in [2.05, 4.69) is 25.2 Å². The van der Waals surface area contributed by atoms with Crippen LogP contribution in [0.25, 0.3) is 22.1 Å². The number of carbonyl (C=O) groups excluding carboxylic acids is 1. The second-order valence-electron chi connectivity index (χ2n) is 9.22. The molecule has 4 rings (SSSR count). The number of rotatable bonds is 10. The Labute approximate surface area is 218 Å². The van der Waals surface area contributed by atoms with Crippen LogP contribution in [0.3, 0.4) is 0 Å². The highest BCUT2D eigenvalue weighted by Crippen LogP contribution is 2.36. The number of nitrogens with two attached hydrogens (primary N) is 1. The first kappa shape index (κ1) is 25.6. The molecule has 188 valence electrons. The third-order valence-corrected chi connectivity index (χ3v) is 6.64. The van der Waals surface area contributed by atoms with Crippen molar-refractivity contribution in [1.82, 2.24) is 5.32 Å². The minimum absolute atomic E-state index is 0.158. The van der Waals surface area contributed by atoms with Crippen LogP contribution in [0.4, 0.5) is 16.2 Å². The molecule has 36 heavy (non-hydrogen) atoms. The fraction of sp³-hybridized carbons (Fsp3) is 0.300. The predicted molar refractivity (Wildman–Crippen MR) is 151 cm³/mol. The smallest absolute Gasteiger partial charge is 0.322 e. The van der Waals surface area contributed by atoms with Crippen molar-refractivity contribution in [3.8, 4) is 11.1 Å². The third kappa shape index (κ3) is 6.21. The van der Waals surface area contributed by atoms with Crippen molar-refractivity contribution in [2.75, 3.05) is 17.2 Å². The van der Waals surface area contributed by atoms with Gasteiger partial charge in [-0.05, 0) is 67.4 Å². The summed E-state index contributed by atoms with van der Waals surface area (Å²) in [5, 5.41) is 4.79. The summed E-state index contributed by atoms with van der Waals surface area (Å²) in [5.74, 6) is 0.714. The Bertz CT molecular complexity index is 1300. The van der Waals surface area contributed by atoms with Crippen molar-refractivity contribution in [2.45, 2.75) is 52.5 Å². The van der Waals surface area contributed by atoms with Crippen molar-refractivity contribution >= 4 is 40.0 Å². The second kappa shape index (κ2) is 12.0. The van der Waals surface area contributed by atoms with E-state index < -0.39 is 0 Å². The lowest BCUT2D eigenvalue weighted by molar-refractivity contribution is 0.245. The fourth-order valence-corrected chi connectivity index (χ4v) is 4.57. The lowest BCUT2D eigenvalue weighted by atomic mass is 10.0. The summed E-state index contributed by atoms with van der Waals surface area (Å²) in [6, 6.07) is 21.1. The van der Waals surface area contributed by atoms with Crippen molar-refractivity contribution in [2.24, 2.45) is 0 Å². The molecule has 0 aliphatic heterocycles. The zero-order valence-electron chi connectivity index (χ0n) is 21.0. The molecule has 3 aromatic carbocycles. The number of hydrogen-bond acceptors (Lipinski definition) is 3. The van der Waals surface area contributed by atoms with E-state index in [1.54, 1.807) is 4.90 Å². The number of carbonyl (C=O) groups is 1. The van der Waals surface area contributed by atoms with Crippen LogP contribution in [-0.4, -0.2) is 12.6 Å². The molecule has 0 fully saturated rings. The molecule has 2 amide bonds. The SMILES string of the molecule is CCCCCCCN(C(=O)NCc1oc2ccc(C)cc2c1-c1ccc(Cl)cc1)c1ccc(N)cc1. The van der Waals surface area contributed by atoms with Gasteiger partial charge >= 0.3 is 6.03 Å². The molecule has 1 heterocycles. The van der Waals surface area contributed by atoms with E-state index in [0.717, 1.165) is 46.2 Å². The molecule has 0 aliphatic rings. The minimum atomic E-state index is -0.158. The van der Waals surface area contributed by atoms with Gasteiger partial charge in [-0.1, -0.05) is 68.0 Å². The Kier molecular flexibility index (Phi) is 8.55. The summed E-state index contributed by atoms with van der Waals surface area (Å²) in [6.07, 6.45) is 5.62. The summed E-state index contributed by atoms with van der Waals surface area (Å²) in [7, 11) is 0. The van der Waals surface area contributed by atoms with Crippen molar-refractivity contribution in [3.63, 3.8) is 0 Å². The Hall–Kier alpha value is -3.44. The third-order valence-electron chi connectivity index (χ3n) is 6.38. The first-order chi connectivity index (χ1) is 17.5. The number of nitrogen functional groups attached to an aromatic ring is 1. The van der Waals surface area contributed by atoms with Gasteiger partial charge in [-0.15, -0.1) is 0 Å². The average Bonchev–Trinajstić information content (AvgIpc) is 3.23. The van der Waals surface area contributed by atoms with Gasteiger partial charge in [-0.25, -0.2) is 4.79 Å². The summed E-state index contributed by atoms with van der Waals surface area (Å²) in [6.45, 7) is 5.17. The number of nitrogens with zero attached hydrogens (tertiary/aromatic N) is 1. The normalized spacial score (nSPS) is 11.1. The number of fused-ring (bicyclic) bond motifs is 1. The minimum Gasteiger partial charge on any atom is -0.459 e. The predicted octanol–water partition coefficient (Wildman–Crippen LogP) is 8.33. The largest absolute Gasteiger partial charge is 0.459 e. The molecule has 0 aliphatic carbocycles. The lowest BCUT2D eigenvalue weighted by Gasteiger charge is -2.23. The highest BCUT2D eigenvalue weighted by Gasteiger charge is 2.20. The van der Waals surface area contributed by atoms with Crippen LogP contribution < -0.4 is 16.0 Å². The highest BCUT2D eigenvalue weighted by molar-refractivity contribution is 6.30. The quantitative estimate of drug-likeness (QED) is 0.169. The Morgan fingerprint density at radius 3 is 2.42 bits per heavy atom. The van der Waals surface area contributed by atoms with Gasteiger partial charge in [0, 0.05) is 33.9 Å². The summed E-state index contributed by atoms with van der Waals surface area (Å²) in [4.78, 5) is 15.2. The standard InChI is InChI=1S/C30H34ClN3O2/c1-3-4-5-6-7-18-34(25-15-13-24(32)14-16-25)30(35)33-20-28-29(22-9-11-23(31)12-10-22)26-19-21(2)8-17-27(26)36-28/h8-17,19H,3-7,18,20,32H2,1-2H3,(H,33,35). The number of aryl methyl sites for hydroxylation is 1. The van der Waals surface area contributed by atoms with Crippen LogP contribution >= 0.6 is 11.6 Å². The molecule has 0 saturated carbocycles. The molecule has 4 aromatic rings. The maximum Gasteiger partial charge on any atom is 0.322 e. The number of hydrogen-bond donors (Lipinski definition) is 2. The van der Waals surface area contributed by atoms with Crippen LogP contribution in [0.5, 0.6) is 0 Å². The monoisotopic (exact) mass is 503 g/mol. The van der Waals surface area contributed by atoms with Gasteiger partial charge in [-0.3, -0.25) is 4.90 Å². The zero-order chi connectivity index (χ0) is 25.5. The topological polar surface area (TPSA) is 71.5 Å². The van der Waals surface area contributed by atoms with Gasteiger partial charge in [-0.2, -0.15) is 0 Å². The number of amides is 2. The molecule has 0 atom stereocenters. The molecular formula is C30H34ClN3O2. The second-order valence-corrected chi connectivity index (χ2v) is 9.66. The molecular weight excluding hydrogens is 470 g/mol. The highest BCUT2D eigenvalue weighted by atomic mass is 35.5. The van der Waals surface area contributed by atoms with Gasteiger partial charge in [0.1, 0.15) is 11.3 Å². The van der Waals surface area contributed by atoms with E-state index in [1.165, 1.54) is 19.3 Å². The van der Waals surface area contributed by atoms with Gasteiger partial charge in [0.2, 0.25) is 0 Å². The van der Waals surface area contributed by atoms with Crippen molar-refractivity contribution in [3.05, 3.63) is 83.1 Å². The lowest BCUT2D eigenvalue weighted by Crippen LogP contribution is -2.40. The number of halogens is 1. The molecule has 0 radical (unpaired) electrons. The number of benzene rings is 3. The fourth-order valence-electron chi connectivity index (χ4n) is 4.45. The van der Waals surface area contributed by atoms with Crippen molar-refractivity contribution < 1.29 is 9.21 Å². The van der Waals surface area contributed by atoms with Crippen LogP contribution in [0.15, 0.2) is 71.1 Å². The van der Waals surface area contributed by atoms with Crippen LogP contribution in [0, 0.1) is 6.92 Å². The zero-order valence-corrected chi connectivity index (χ0v) is 21.8. The number of urea groups is 1. The van der Waals surface area contributed by atoms with Crippen LogP contribution in [0.1, 0.15) is 50.4 Å². The molecule has 0 saturated heterocycles. The van der Waals surface area contributed by atoms with E-state index in [-0.39, 0.29) is 12.6 Å².